The van der Waals surface area contributed by atoms with Gasteiger partial charge < -0.3 is 15.3 Å². The Morgan fingerprint density at radius 1 is 1.42 bits per heavy atom. The summed E-state index contributed by atoms with van der Waals surface area (Å²) in [7, 11) is 0. The van der Waals surface area contributed by atoms with Crippen LogP contribution in [0.3, 0.4) is 0 Å². The molecule has 1 atom stereocenters. The zero-order chi connectivity index (χ0) is 14.4. The van der Waals surface area contributed by atoms with Crippen LogP contribution in [-0.4, -0.2) is 51.6 Å². The minimum Gasteiger partial charge on any atom is -0.477 e. The predicted octanol–water partition coefficient (Wildman–Crippen LogP) is 1.63. The fourth-order valence-electron chi connectivity index (χ4n) is 1.88. The van der Waals surface area contributed by atoms with Gasteiger partial charge in [0.25, 0.3) is 0 Å². The van der Waals surface area contributed by atoms with Gasteiger partial charge in [-0.25, -0.2) is 14.8 Å². The van der Waals surface area contributed by atoms with E-state index in [2.05, 4.69) is 34.0 Å². The van der Waals surface area contributed by atoms with Gasteiger partial charge in [-0.3, -0.25) is 0 Å². The molecule has 6 nitrogen and oxygen atoms in total. The Balaban J connectivity index is 2.73. The standard InChI is InChI=1S/C13H22N4O2/c1-5-17(6-2)8-10(4)15-13-14-9(3)7-11(16-13)12(18)19/h7,10H,5-6,8H2,1-4H3,(H,18,19)(H,14,15,16). The molecule has 0 aromatic carbocycles. The fourth-order valence-corrected chi connectivity index (χ4v) is 1.88. The zero-order valence-electron chi connectivity index (χ0n) is 12.0. The summed E-state index contributed by atoms with van der Waals surface area (Å²) in [6.45, 7) is 10.9. The summed E-state index contributed by atoms with van der Waals surface area (Å²) >= 11 is 0. The second kappa shape index (κ2) is 7.04. The third-order valence-electron chi connectivity index (χ3n) is 2.88. The number of rotatable bonds is 7. The first-order valence-electron chi connectivity index (χ1n) is 6.54. The molecule has 0 aliphatic rings. The van der Waals surface area contributed by atoms with Crippen molar-refractivity contribution in [2.45, 2.75) is 33.7 Å². The maximum absolute atomic E-state index is 10.9. The highest BCUT2D eigenvalue weighted by Gasteiger charge is 2.12. The topological polar surface area (TPSA) is 78.4 Å². The van der Waals surface area contributed by atoms with Crippen LogP contribution in [0.1, 0.15) is 37.0 Å². The third kappa shape index (κ3) is 4.82. The minimum atomic E-state index is -1.04. The maximum atomic E-state index is 10.9. The number of carboxylic acids is 1. The molecule has 1 aromatic heterocycles. The lowest BCUT2D eigenvalue weighted by atomic mass is 10.3. The van der Waals surface area contributed by atoms with Gasteiger partial charge in [-0.1, -0.05) is 13.8 Å². The summed E-state index contributed by atoms with van der Waals surface area (Å²) in [5.74, 6) is -0.665. The number of hydrogen-bond donors (Lipinski definition) is 2. The number of aryl methyl sites for hydroxylation is 1. The summed E-state index contributed by atoms with van der Waals surface area (Å²) in [5, 5.41) is 12.1. The number of aromatic nitrogens is 2. The van der Waals surface area contributed by atoms with Gasteiger partial charge in [0.15, 0.2) is 5.69 Å². The summed E-state index contributed by atoms with van der Waals surface area (Å²) < 4.78 is 0. The van der Waals surface area contributed by atoms with Gasteiger partial charge in [-0.15, -0.1) is 0 Å². The Hall–Kier alpha value is -1.69. The minimum absolute atomic E-state index is 0.0186. The number of nitrogens with zero attached hydrogens (tertiary/aromatic N) is 3. The van der Waals surface area contributed by atoms with E-state index < -0.39 is 5.97 Å². The van der Waals surface area contributed by atoms with Gasteiger partial charge in [-0.05, 0) is 33.0 Å². The molecule has 106 valence electrons. The van der Waals surface area contributed by atoms with Crippen LogP contribution in [-0.2, 0) is 0 Å². The van der Waals surface area contributed by atoms with E-state index in [1.807, 2.05) is 6.92 Å². The molecule has 0 fully saturated rings. The average molecular weight is 266 g/mol. The van der Waals surface area contributed by atoms with Crippen LogP contribution in [0.15, 0.2) is 6.07 Å². The lowest BCUT2D eigenvalue weighted by molar-refractivity contribution is 0.0690. The molecule has 2 N–H and O–H groups in total. The highest BCUT2D eigenvalue weighted by molar-refractivity contribution is 5.85. The highest BCUT2D eigenvalue weighted by Crippen LogP contribution is 2.07. The molecule has 1 heterocycles. The van der Waals surface area contributed by atoms with Crippen LogP contribution in [0, 0.1) is 6.92 Å². The van der Waals surface area contributed by atoms with Crippen LogP contribution in [0.2, 0.25) is 0 Å². The molecule has 6 heteroatoms. The summed E-state index contributed by atoms with van der Waals surface area (Å²) in [6, 6.07) is 1.62. The van der Waals surface area contributed by atoms with E-state index in [-0.39, 0.29) is 11.7 Å². The molecule has 0 saturated carbocycles. The maximum Gasteiger partial charge on any atom is 0.354 e. The summed E-state index contributed by atoms with van der Waals surface area (Å²) in [4.78, 5) is 21.4. The lowest BCUT2D eigenvalue weighted by Gasteiger charge is -2.23. The SMILES string of the molecule is CCN(CC)CC(C)Nc1nc(C)cc(C(=O)O)n1. The molecule has 1 aromatic rings. The molecule has 0 spiro atoms. The van der Waals surface area contributed by atoms with E-state index in [9.17, 15) is 4.79 Å². The Bertz CT molecular complexity index is 433. The van der Waals surface area contributed by atoms with E-state index in [0.29, 0.717) is 11.6 Å². The number of aromatic carboxylic acids is 1. The van der Waals surface area contributed by atoms with Crippen molar-refractivity contribution in [2.24, 2.45) is 0 Å². The molecule has 0 aliphatic heterocycles. The van der Waals surface area contributed by atoms with Crippen molar-refractivity contribution in [1.82, 2.24) is 14.9 Å². The predicted molar refractivity (Wildman–Crippen MR) is 74.6 cm³/mol. The lowest BCUT2D eigenvalue weighted by Crippen LogP contribution is -2.35. The summed E-state index contributed by atoms with van der Waals surface area (Å²) in [6.07, 6.45) is 0. The molecular formula is C13H22N4O2. The van der Waals surface area contributed by atoms with Gasteiger partial charge in [-0.2, -0.15) is 0 Å². The van der Waals surface area contributed by atoms with E-state index in [1.54, 1.807) is 6.92 Å². The zero-order valence-corrected chi connectivity index (χ0v) is 12.0. The van der Waals surface area contributed by atoms with Crippen molar-refractivity contribution in [3.63, 3.8) is 0 Å². The van der Waals surface area contributed by atoms with Crippen LogP contribution in [0.25, 0.3) is 0 Å². The number of nitrogens with one attached hydrogen (secondary N) is 1. The molecule has 1 unspecified atom stereocenters. The molecule has 19 heavy (non-hydrogen) atoms. The van der Waals surface area contributed by atoms with Crippen molar-refractivity contribution in [3.8, 4) is 0 Å². The molecule has 0 bridgehead atoms. The number of anilines is 1. The first-order chi connectivity index (χ1) is 8.96. The van der Waals surface area contributed by atoms with Crippen molar-refractivity contribution >= 4 is 11.9 Å². The normalized spacial score (nSPS) is 12.5. The Morgan fingerprint density at radius 3 is 2.58 bits per heavy atom. The van der Waals surface area contributed by atoms with Crippen LogP contribution < -0.4 is 5.32 Å². The van der Waals surface area contributed by atoms with Crippen molar-refractivity contribution in [3.05, 3.63) is 17.5 Å². The van der Waals surface area contributed by atoms with Crippen LogP contribution in [0.4, 0.5) is 5.95 Å². The highest BCUT2D eigenvalue weighted by atomic mass is 16.4. The molecule has 0 aliphatic carbocycles. The smallest absolute Gasteiger partial charge is 0.354 e. The van der Waals surface area contributed by atoms with E-state index in [4.69, 9.17) is 5.11 Å². The van der Waals surface area contributed by atoms with Crippen molar-refractivity contribution < 1.29 is 9.90 Å². The third-order valence-corrected chi connectivity index (χ3v) is 2.88. The second-order valence-corrected chi connectivity index (χ2v) is 4.55. The van der Waals surface area contributed by atoms with Gasteiger partial charge in [0, 0.05) is 18.3 Å². The van der Waals surface area contributed by atoms with Crippen molar-refractivity contribution in [1.29, 1.82) is 0 Å². The fraction of sp³-hybridized carbons (Fsp3) is 0.615. The van der Waals surface area contributed by atoms with E-state index in [1.165, 1.54) is 6.07 Å². The molecule has 1 rings (SSSR count). The van der Waals surface area contributed by atoms with E-state index >= 15 is 0 Å². The van der Waals surface area contributed by atoms with Crippen molar-refractivity contribution in [2.75, 3.05) is 25.0 Å². The molecule has 0 radical (unpaired) electrons. The van der Waals surface area contributed by atoms with Gasteiger partial charge in [0.1, 0.15) is 0 Å². The van der Waals surface area contributed by atoms with Gasteiger partial charge >= 0.3 is 5.97 Å². The van der Waals surface area contributed by atoms with Gasteiger partial charge in [0.2, 0.25) is 5.95 Å². The van der Waals surface area contributed by atoms with Crippen LogP contribution in [0.5, 0.6) is 0 Å². The Morgan fingerprint density at radius 2 is 2.05 bits per heavy atom. The number of carboxylic acid groups (broad SMARTS) is 1. The first-order valence-corrected chi connectivity index (χ1v) is 6.54. The van der Waals surface area contributed by atoms with Gasteiger partial charge in [0.05, 0.1) is 0 Å². The largest absolute Gasteiger partial charge is 0.477 e. The number of likely N-dealkylation sites (N-methyl/N-ethyl adjacent to an activating group) is 1. The monoisotopic (exact) mass is 266 g/mol. The summed E-state index contributed by atoms with van der Waals surface area (Å²) in [5.41, 5.74) is 0.662. The average Bonchev–Trinajstić information content (AvgIpc) is 2.35. The molecule has 0 saturated heterocycles. The Kier molecular flexibility index (Phi) is 5.69. The molecule has 0 amide bonds. The second-order valence-electron chi connectivity index (χ2n) is 4.55. The van der Waals surface area contributed by atoms with Crippen LogP contribution >= 0.6 is 0 Å². The number of hydrogen-bond acceptors (Lipinski definition) is 5. The molecular weight excluding hydrogens is 244 g/mol. The number of carbonyl (C=O) groups is 1. The first kappa shape index (κ1) is 15.4. The quantitative estimate of drug-likeness (QED) is 0.781. The Labute approximate surface area is 113 Å². The van der Waals surface area contributed by atoms with E-state index in [0.717, 1.165) is 19.6 Å².